The van der Waals surface area contributed by atoms with Crippen molar-refractivity contribution in [1.29, 1.82) is 0 Å². The summed E-state index contributed by atoms with van der Waals surface area (Å²) in [5, 5.41) is 2.03. The lowest BCUT2D eigenvalue weighted by Crippen LogP contribution is -2.42. The second kappa shape index (κ2) is 8.82. The lowest BCUT2D eigenvalue weighted by atomic mass is 10.1. The standard InChI is InChI=1S/C16H20N2OS.ClH/c1-13(17)16(19)18(12-15-8-5-11-20-15)10-9-14-6-3-2-4-7-14;/h2-8,11,13H,9-10,12,17H2,1H3;1H. The minimum atomic E-state index is -0.453. The van der Waals surface area contributed by atoms with E-state index in [9.17, 15) is 4.79 Å². The second-order valence-corrected chi connectivity index (χ2v) is 5.90. The highest BCUT2D eigenvalue weighted by Crippen LogP contribution is 2.13. The van der Waals surface area contributed by atoms with Gasteiger partial charge in [-0.15, -0.1) is 23.7 Å². The second-order valence-electron chi connectivity index (χ2n) is 4.86. The third-order valence-electron chi connectivity index (χ3n) is 3.14. The molecule has 1 heterocycles. The number of hydrogen-bond acceptors (Lipinski definition) is 3. The van der Waals surface area contributed by atoms with Crippen LogP contribution in [0, 0.1) is 0 Å². The number of rotatable bonds is 6. The highest BCUT2D eigenvalue weighted by Gasteiger charge is 2.17. The first-order chi connectivity index (χ1) is 9.66. The summed E-state index contributed by atoms with van der Waals surface area (Å²) in [5.41, 5.74) is 6.98. The van der Waals surface area contributed by atoms with E-state index in [0.29, 0.717) is 13.1 Å². The minimum Gasteiger partial charge on any atom is -0.336 e. The van der Waals surface area contributed by atoms with Gasteiger partial charge >= 0.3 is 0 Å². The van der Waals surface area contributed by atoms with E-state index in [1.165, 1.54) is 10.4 Å². The Morgan fingerprint density at radius 3 is 2.52 bits per heavy atom. The van der Waals surface area contributed by atoms with Crippen molar-refractivity contribution in [2.75, 3.05) is 6.54 Å². The van der Waals surface area contributed by atoms with Crippen LogP contribution in [-0.2, 0) is 17.8 Å². The van der Waals surface area contributed by atoms with Crippen molar-refractivity contribution in [2.24, 2.45) is 5.73 Å². The van der Waals surface area contributed by atoms with Crippen LogP contribution in [0.1, 0.15) is 17.4 Å². The number of thiophene rings is 1. The van der Waals surface area contributed by atoms with E-state index in [-0.39, 0.29) is 18.3 Å². The predicted octanol–water partition coefficient (Wildman–Crippen LogP) is 3.09. The molecule has 1 aromatic carbocycles. The molecule has 5 heteroatoms. The Bertz CT molecular complexity index is 528. The molecule has 0 bridgehead atoms. The highest BCUT2D eigenvalue weighted by molar-refractivity contribution is 7.09. The summed E-state index contributed by atoms with van der Waals surface area (Å²) >= 11 is 1.67. The number of nitrogens with zero attached hydrogens (tertiary/aromatic N) is 1. The van der Waals surface area contributed by atoms with Crippen molar-refractivity contribution in [1.82, 2.24) is 4.90 Å². The number of carbonyl (C=O) groups is 1. The average Bonchev–Trinajstić information content (AvgIpc) is 2.96. The van der Waals surface area contributed by atoms with Crippen molar-refractivity contribution in [3.63, 3.8) is 0 Å². The molecule has 2 N–H and O–H groups in total. The predicted molar refractivity (Wildman–Crippen MR) is 90.8 cm³/mol. The van der Waals surface area contributed by atoms with Crippen LogP contribution in [0.4, 0.5) is 0 Å². The normalized spacial score (nSPS) is 11.5. The molecule has 1 atom stereocenters. The van der Waals surface area contributed by atoms with E-state index in [1.54, 1.807) is 18.3 Å². The molecular weight excluding hydrogens is 304 g/mol. The largest absolute Gasteiger partial charge is 0.336 e. The molecule has 0 aliphatic rings. The molecule has 0 saturated heterocycles. The molecule has 0 aliphatic heterocycles. The maximum Gasteiger partial charge on any atom is 0.239 e. The summed E-state index contributed by atoms with van der Waals surface area (Å²) in [6.07, 6.45) is 0.852. The molecule has 1 aromatic heterocycles. The third kappa shape index (κ3) is 5.50. The molecule has 114 valence electrons. The quantitative estimate of drug-likeness (QED) is 0.887. The smallest absolute Gasteiger partial charge is 0.239 e. The van der Waals surface area contributed by atoms with Crippen LogP contribution in [0.25, 0.3) is 0 Å². The molecule has 0 saturated carbocycles. The maximum atomic E-state index is 12.2. The van der Waals surface area contributed by atoms with Crippen molar-refractivity contribution >= 4 is 29.7 Å². The Morgan fingerprint density at radius 2 is 1.95 bits per heavy atom. The first kappa shape index (κ1) is 17.7. The van der Waals surface area contributed by atoms with Gasteiger partial charge in [-0.3, -0.25) is 4.79 Å². The fraction of sp³-hybridized carbons (Fsp3) is 0.312. The average molecular weight is 325 g/mol. The van der Waals surface area contributed by atoms with Gasteiger partial charge in [-0.05, 0) is 30.4 Å². The third-order valence-corrected chi connectivity index (χ3v) is 4.00. The van der Waals surface area contributed by atoms with Crippen LogP contribution in [0.2, 0.25) is 0 Å². The highest BCUT2D eigenvalue weighted by atomic mass is 35.5. The number of benzene rings is 1. The van der Waals surface area contributed by atoms with Crippen molar-refractivity contribution < 1.29 is 4.79 Å². The molecular formula is C16H21ClN2OS. The van der Waals surface area contributed by atoms with Gasteiger partial charge < -0.3 is 10.6 Å². The maximum absolute atomic E-state index is 12.2. The van der Waals surface area contributed by atoms with Gasteiger partial charge in [-0.25, -0.2) is 0 Å². The van der Waals surface area contributed by atoms with Crippen LogP contribution in [0.3, 0.4) is 0 Å². The molecule has 3 nitrogen and oxygen atoms in total. The van der Waals surface area contributed by atoms with Crippen molar-refractivity contribution in [2.45, 2.75) is 25.9 Å². The topological polar surface area (TPSA) is 46.3 Å². The zero-order valence-corrected chi connectivity index (χ0v) is 13.7. The van der Waals surface area contributed by atoms with Gasteiger partial charge in [0.25, 0.3) is 0 Å². The lowest BCUT2D eigenvalue weighted by molar-refractivity contribution is -0.132. The van der Waals surface area contributed by atoms with Crippen LogP contribution in [-0.4, -0.2) is 23.4 Å². The first-order valence-electron chi connectivity index (χ1n) is 6.77. The summed E-state index contributed by atoms with van der Waals surface area (Å²) in [6.45, 7) is 3.08. The molecule has 0 spiro atoms. The van der Waals surface area contributed by atoms with Gasteiger partial charge in [0, 0.05) is 11.4 Å². The zero-order chi connectivity index (χ0) is 14.4. The van der Waals surface area contributed by atoms with E-state index in [1.807, 2.05) is 34.5 Å². The Hall–Kier alpha value is -1.36. The fourth-order valence-electron chi connectivity index (χ4n) is 2.05. The Balaban J connectivity index is 0.00000220. The summed E-state index contributed by atoms with van der Waals surface area (Å²) < 4.78 is 0. The first-order valence-corrected chi connectivity index (χ1v) is 7.65. The molecule has 21 heavy (non-hydrogen) atoms. The van der Waals surface area contributed by atoms with E-state index in [0.717, 1.165) is 6.42 Å². The van der Waals surface area contributed by atoms with Gasteiger partial charge in [0.2, 0.25) is 5.91 Å². The van der Waals surface area contributed by atoms with Crippen LogP contribution >= 0.6 is 23.7 Å². The molecule has 0 fully saturated rings. The number of hydrogen-bond donors (Lipinski definition) is 1. The Morgan fingerprint density at radius 1 is 1.24 bits per heavy atom. The Kier molecular flexibility index (Phi) is 7.43. The van der Waals surface area contributed by atoms with E-state index >= 15 is 0 Å². The molecule has 1 unspecified atom stereocenters. The zero-order valence-electron chi connectivity index (χ0n) is 12.1. The van der Waals surface area contributed by atoms with Crippen molar-refractivity contribution in [3.05, 3.63) is 58.3 Å². The molecule has 0 aliphatic carbocycles. The van der Waals surface area contributed by atoms with E-state index in [4.69, 9.17) is 5.73 Å². The van der Waals surface area contributed by atoms with E-state index in [2.05, 4.69) is 18.2 Å². The number of carbonyl (C=O) groups excluding carboxylic acids is 1. The van der Waals surface area contributed by atoms with Crippen molar-refractivity contribution in [3.8, 4) is 0 Å². The summed E-state index contributed by atoms with van der Waals surface area (Å²) in [7, 11) is 0. The molecule has 2 aromatic rings. The lowest BCUT2D eigenvalue weighted by Gasteiger charge is -2.24. The number of amides is 1. The Labute approximate surface area is 136 Å². The number of nitrogens with two attached hydrogens (primary N) is 1. The molecule has 0 radical (unpaired) electrons. The SMILES string of the molecule is CC(N)C(=O)N(CCc1ccccc1)Cc1cccs1.Cl. The minimum absolute atomic E-state index is 0. The number of halogens is 1. The monoisotopic (exact) mass is 324 g/mol. The van der Waals surface area contributed by atoms with Crippen LogP contribution < -0.4 is 5.73 Å². The van der Waals surface area contributed by atoms with Crippen LogP contribution in [0.15, 0.2) is 47.8 Å². The summed E-state index contributed by atoms with van der Waals surface area (Å²) in [4.78, 5) is 15.2. The van der Waals surface area contributed by atoms with Crippen LogP contribution in [0.5, 0.6) is 0 Å². The van der Waals surface area contributed by atoms with Gasteiger partial charge in [0.15, 0.2) is 0 Å². The van der Waals surface area contributed by atoms with Gasteiger partial charge in [0.1, 0.15) is 0 Å². The van der Waals surface area contributed by atoms with Gasteiger partial charge in [-0.2, -0.15) is 0 Å². The van der Waals surface area contributed by atoms with E-state index < -0.39 is 6.04 Å². The van der Waals surface area contributed by atoms with Gasteiger partial charge in [-0.1, -0.05) is 36.4 Å². The molecule has 2 rings (SSSR count). The summed E-state index contributed by atoms with van der Waals surface area (Å²) in [5.74, 6) is 0.00864. The molecule has 1 amide bonds. The fourth-order valence-corrected chi connectivity index (χ4v) is 2.77. The van der Waals surface area contributed by atoms with Gasteiger partial charge in [0.05, 0.1) is 12.6 Å². The summed E-state index contributed by atoms with van der Waals surface area (Å²) in [6, 6.07) is 13.8.